The molecule has 0 saturated carbocycles. The summed E-state index contributed by atoms with van der Waals surface area (Å²) in [4.78, 5) is 0.308. The Morgan fingerprint density at radius 3 is 2.79 bits per heavy atom. The molecular formula is C13H19ClN2O2S. The minimum atomic E-state index is -3.48. The Labute approximate surface area is 119 Å². The number of benzene rings is 1. The third-order valence-electron chi connectivity index (χ3n) is 3.52. The number of hydrogen-bond acceptors (Lipinski definition) is 3. The van der Waals surface area contributed by atoms with Crippen LogP contribution in [-0.4, -0.2) is 27.5 Å². The van der Waals surface area contributed by atoms with E-state index in [0.29, 0.717) is 15.5 Å². The topological polar surface area (TPSA) is 58.2 Å². The van der Waals surface area contributed by atoms with E-state index in [1.165, 1.54) is 0 Å². The fourth-order valence-electron chi connectivity index (χ4n) is 2.37. The van der Waals surface area contributed by atoms with Gasteiger partial charge in [0.15, 0.2) is 0 Å². The largest absolute Gasteiger partial charge is 0.316 e. The van der Waals surface area contributed by atoms with Crippen LogP contribution in [0.3, 0.4) is 0 Å². The average molecular weight is 303 g/mol. The van der Waals surface area contributed by atoms with Crippen molar-refractivity contribution in [3.05, 3.63) is 28.8 Å². The van der Waals surface area contributed by atoms with E-state index < -0.39 is 10.0 Å². The number of halogens is 1. The second-order valence-electron chi connectivity index (χ2n) is 5.11. The van der Waals surface area contributed by atoms with Crippen LogP contribution in [-0.2, 0) is 10.0 Å². The van der Waals surface area contributed by atoms with Crippen LogP contribution in [0.2, 0.25) is 5.02 Å². The van der Waals surface area contributed by atoms with Gasteiger partial charge in [-0.05, 0) is 56.1 Å². The fraction of sp³-hybridized carbons (Fsp3) is 0.538. The van der Waals surface area contributed by atoms with Crippen LogP contribution in [0.25, 0.3) is 0 Å². The van der Waals surface area contributed by atoms with E-state index in [0.717, 1.165) is 19.5 Å². The predicted octanol–water partition coefficient (Wildman–Crippen LogP) is 1.92. The van der Waals surface area contributed by atoms with Crippen LogP contribution in [0.5, 0.6) is 0 Å². The van der Waals surface area contributed by atoms with Crippen LogP contribution in [0.15, 0.2) is 23.1 Å². The standard InChI is InChI=1S/C13H19ClN2O2S/c1-9-7-11(14)3-4-13(9)19(17,18)16-12-5-6-15-8-10(12)2/h3-4,7,10,12,15-16H,5-6,8H2,1-2H3. The molecule has 2 rings (SSSR count). The Morgan fingerprint density at radius 1 is 1.42 bits per heavy atom. The van der Waals surface area contributed by atoms with E-state index in [2.05, 4.69) is 10.0 Å². The van der Waals surface area contributed by atoms with Gasteiger partial charge in [0.25, 0.3) is 0 Å². The summed E-state index contributed by atoms with van der Waals surface area (Å²) < 4.78 is 27.6. The van der Waals surface area contributed by atoms with E-state index in [-0.39, 0.29) is 12.0 Å². The highest BCUT2D eigenvalue weighted by Gasteiger charge is 2.27. The van der Waals surface area contributed by atoms with Crippen molar-refractivity contribution in [2.45, 2.75) is 31.2 Å². The van der Waals surface area contributed by atoms with Gasteiger partial charge in [-0.15, -0.1) is 0 Å². The average Bonchev–Trinajstić information content (AvgIpc) is 2.31. The summed E-state index contributed by atoms with van der Waals surface area (Å²) in [6.45, 7) is 5.49. The molecule has 0 amide bonds. The molecule has 0 spiro atoms. The molecule has 6 heteroatoms. The zero-order chi connectivity index (χ0) is 14.0. The molecular weight excluding hydrogens is 284 g/mol. The fourth-order valence-corrected chi connectivity index (χ4v) is 4.20. The number of hydrogen-bond donors (Lipinski definition) is 2. The lowest BCUT2D eigenvalue weighted by molar-refractivity contribution is 0.328. The van der Waals surface area contributed by atoms with Crippen LogP contribution in [0.4, 0.5) is 0 Å². The SMILES string of the molecule is Cc1cc(Cl)ccc1S(=O)(=O)NC1CCNCC1C. The van der Waals surface area contributed by atoms with Gasteiger partial charge in [-0.1, -0.05) is 18.5 Å². The van der Waals surface area contributed by atoms with E-state index in [1.807, 2.05) is 6.92 Å². The summed E-state index contributed by atoms with van der Waals surface area (Å²) in [6.07, 6.45) is 0.813. The van der Waals surface area contributed by atoms with Crippen molar-refractivity contribution in [1.82, 2.24) is 10.0 Å². The van der Waals surface area contributed by atoms with Crippen LogP contribution in [0.1, 0.15) is 18.9 Å². The van der Waals surface area contributed by atoms with Gasteiger partial charge in [-0.2, -0.15) is 0 Å². The number of sulfonamides is 1. The zero-order valence-electron chi connectivity index (χ0n) is 11.1. The Balaban J connectivity index is 2.22. The van der Waals surface area contributed by atoms with Crippen LogP contribution in [0, 0.1) is 12.8 Å². The second kappa shape index (κ2) is 5.79. The molecule has 19 heavy (non-hydrogen) atoms. The second-order valence-corrected chi connectivity index (χ2v) is 7.23. The molecule has 0 radical (unpaired) electrons. The van der Waals surface area contributed by atoms with Crippen molar-refractivity contribution < 1.29 is 8.42 Å². The Hall–Kier alpha value is -0.620. The number of piperidine rings is 1. The summed E-state index contributed by atoms with van der Waals surface area (Å²) in [5.41, 5.74) is 0.668. The summed E-state index contributed by atoms with van der Waals surface area (Å²) in [6, 6.07) is 4.82. The highest BCUT2D eigenvalue weighted by molar-refractivity contribution is 7.89. The molecule has 2 unspecified atom stereocenters. The van der Waals surface area contributed by atoms with Gasteiger partial charge in [0.1, 0.15) is 0 Å². The molecule has 0 bridgehead atoms. The summed E-state index contributed by atoms with van der Waals surface area (Å²) >= 11 is 5.86. The molecule has 1 saturated heterocycles. The lowest BCUT2D eigenvalue weighted by Gasteiger charge is -2.30. The number of aryl methyl sites for hydroxylation is 1. The van der Waals surface area contributed by atoms with Crippen molar-refractivity contribution in [3.8, 4) is 0 Å². The molecule has 1 aliphatic heterocycles. The molecule has 106 valence electrons. The first-order valence-electron chi connectivity index (χ1n) is 6.39. The van der Waals surface area contributed by atoms with Gasteiger partial charge in [0.2, 0.25) is 10.0 Å². The Kier molecular flexibility index (Phi) is 4.50. The molecule has 0 aromatic heterocycles. The zero-order valence-corrected chi connectivity index (χ0v) is 12.7. The summed E-state index contributed by atoms with van der Waals surface area (Å²) in [5, 5.41) is 3.80. The third-order valence-corrected chi connectivity index (χ3v) is 5.40. The molecule has 1 aromatic rings. The van der Waals surface area contributed by atoms with Gasteiger partial charge in [-0.3, -0.25) is 0 Å². The maximum absolute atomic E-state index is 12.4. The van der Waals surface area contributed by atoms with Crippen molar-refractivity contribution in [2.75, 3.05) is 13.1 Å². The van der Waals surface area contributed by atoms with Gasteiger partial charge in [0.05, 0.1) is 4.90 Å². The molecule has 1 aromatic carbocycles. The third kappa shape index (κ3) is 3.48. The highest BCUT2D eigenvalue weighted by atomic mass is 35.5. The van der Waals surface area contributed by atoms with Crippen molar-refractivity contribution in [1.29, 1.82) is 0 Å². The normalized spacial score (nSPS) is 24.4. The van der Waals surface area contributed by atoms with E-state index in [4.69, 9.17) is 11.6 Å². The van der Waals surface area contributed by atoms with Crippen molar-refractivity contribution >= 4 is 21.6 Å². The molecule has 4 nitrogen and oxygen atoms in total. The molecule has 2 atom stereocenters. The summed E-state index contributed by atoms with van der Waals surface area (Å²) in [7, 11) is -3.48. The maximum Gasteiger partial charge on any atom is 0.241 e. The Morgan fingerprint density at radius 2 is 2.16 bits per heavy atom. The first-order chi connectivity index (χ1) is 8.90. The maximum atomic E-state index is 12.4. The molecule has 1 heterocycles. The van der Waals surface area contributed by atoms with E-state index in [9.17, 15) is 8.42 Å². The van der Waals surface area contributed by atoms with E-state index in [1.54, 1.807) is 25.1 Å². The predicted molar refractivity (Wildman–Crippen MR) is 76.9 cm³/mol. The minimum absolute atomic E-state index is 0.0127. The van der Waals surface area contributed by atoms with Gasteiger partial charge < -0.3 is 5.32 Å². The number of rotatable bonds is 3. The molecule has 2 N–H and O–H groups in total. The van der Waals surface area contributed by atoms with Gasteiger partial charge in [0, 0.05) is 11.1 Å². The van der Waals surface area contributed by atoms with Crippen molar-refractivity contribution in [2.24, 2.45) is 5.92 Å². The molecule has 1 aliphatic rings. The van der Waals surface area contributed by atoms with E-state index >= 15 is 0 Å². The summed E-state index contributed by atoms with van der Waals surface area (Å²) in [5.74, 6) is 0.288. The lowest BCUT2D eigenvalue weighted by atomic mass is 9.97. The molecule has 0 aliphatic carbocycles. The first kappa shape index (κ1) is 14.8. The smallest absolute Gasteiger partial charge is 0.241 e. The van der Waals surface area contributed by atoms with Gasteiger partial charge in [-0.25, -0.2) is 13.1 Å². The first-order valence-corrected chi connectivity index (χ1v) is 8.25. The van der Waals surface area contributed by atoms with Gasteiger partial charge >= 0.3 is 0 Å². The number of nitrogens with one attached hydrogen (secondary N) is 2. The minimum Gasteiger partial charge on any atom is -0.316 e. The van der Waals surface area contributed by atoms with Crippen LogP contribution >= 0.6 is 11.6 Å². The monoisotopic (exact) mass is 302 g/mol. The molecule has 1 fully saturated rings. The van der Waals surface area contributed by atoms with Crippen LogP contribution < -0.4 is 10.0 Å². The quantitative estimate of drug-likeness (QED) is 0.897. The van der Waals surface area contributed by atoms with Crippen molar-refractivity contribution in [3.63, 3.8) is 0 Å². The highest BCUT2D eigenvalue weighted by Crippen LogP contribution is 2.21. The lowest BCUT2D eigenvalue weighted by Crippen LogP contribution is -2.48. The Bertz CT molecular complexity index is 560.